The molecule has 0 aromatic carbocycles. The van der Waals surface area contributed by atoms with Crippen molar-refractivity contribution in [3.8, 4) is 0 Å². The Balaban J connectivity index is 1.30. The first-order chi connectivity index (χ1) is 19.6. The van der Waals surface area contributed by atoms with Gasteiger partial charge >= 0.3 is 11.9 Å². The summed E-state index contributed by atoms with van der Waals surface area (Å²) < 4.78 is 19.2. The molecule has 0 N–H and O–H groups in total. The molecule has 41 heavy (non-hydrogen) atoms. The number of carbonyl (C=O) groups is 2. The number of rotatable bonds is 6. The van der Waals surface area contributed by atoms with Crippen molar-refractivity contribution in [3.63, 3.8) is 0 Å². The Morgan fingerprint density at radius 2 is 1.68 bits per heavy atom. The highest BCUT2D eigenvalue weighted by Gasteiger charge is 2.67. The van der Waals surface area contributed by atoms with Crippen molar-refractivity contribution in [2.24, 2.45) is 34.5 Å². The zero-order valence-corrected chi connectivity index (χ0v) is 26.2. The van der Waals surface area contributed by atoms with Crippen LogP contribution in [0.15, 0.2) is 12.7 Å². The maximum Gasteiger partial charge on any atom is 0.303 e. The predicted molar refractivity (Wildman–Crippen MR) is 158 cm³/mol. The lowest BCUT2D eigenvalue weighted by Gasteiger charge is -2.62. The molecule has 10 atom stereocenters. The normalized spacial score (nSPS) is 45.7. The van der Waals surface area contributed by atoms with Gasteiger partial charge in [0.2, 0.25) is 0 Å². The van der Waals surface area contributed by atoms with Gasteiger partial charge < -0.3 is 18.7 Å². The van der Waals surface area contributed by atoms with Crippen molar-refractivity contribution in [1.82, 2.24) is 4.90 Å². The van der Waals surface area contributed by atoms with Gasteiger partial charge in [-0.15, -0.1) is 0 Å². The number of quaternary nitrogens is 1. The van der Waals surface area contributed by atoms with Gasteiger partial charge in [0.15, 0.2) is 6.10 Å². The molecular formula is C34H55N2O5+. The van der Waals surface area contributed by atoms with E-state index >= 15 is 0 Å². The molecule has 0 unspecified atom stereocenters. The molecule has 4 aliphatic carbocycles. The molecule has 2 aliphatic heterocycles. The van der Waals surface area contributed by atoms with Crippen LogP contribution in [0.4, 0.5) is 0 Å². The van der Waals surface area contributed by atoms with Crippen LogP contribution in [0.2, 0.25) is 0 Å². The number of ether oxygens (including phenoxy) is 3. The first-order valence-corrected chi connectivity index (χ1v) is 16.7. The number of hydrogen-bond acceptors (Lipinski definition) is 6. The van der Waals surface area contributed by atoms with Crippen molar-refractivity contribution in [3.05, 3.63) is 12.7 Å². The van der Waals surface area contributed by atoms with Crippen LogP contribution in [-0.2, 0) is 23.8 Å². The fraction of sp³-hybridized carbons (Fsp3) is 0.882. The van der Waals surface area contributed by atoms with E-state index in [1.807, 2.05) is 0 Å². The van der Waals surface area contributed by atoms with E-state index in [1.165, 1.54) is 51.6 Å². The topological polar surface area (TPSA) is 65.1 Å². The van der Waals surface area contributed by atoms with Crippen LogP contribution < -0.4 is 0 Å². The third kappa shape index (κ3) is 5.00. The largest absolute Gasteiger partial charge is 0.461 e. The van der Waals surface area contributed by atoms with Gasteiger partial charge in [-0.2, -0.15) is 0 Å². The van der Waals surface area contributed by atoms with E-state index in [1.54, 1.807) is 13.8 Å². The lowest BCUT2D eigenvalue weighted by molar-refractivity contribution is -0.937. The molecule has 0 bridgehead atoms. The number of nitrogens with zero attached hydrogens (tertiary/aromatic N) is 2. The average Bonchev–Trinajstić information content (AvgIpc) is 3.52. The van der Waals surface area contributed by atoms with Crippen LogP contribution in [0.3, 0.4) is 0 Å². The first-order valence-electron chi connectivity index (χ1n) is 16.7. The van der Waals surface area contributed by atoms with Crippen LogP contribution in [0.1, 0.15) is 85.5 Å². The Kier molecular flexibility index (Phi) is 8.12. The minimum absolute atomic E-state index is 0.00432. The second kappa shape index (κ2) is 11.2. The van der Waals surface area contributed by atoms with Crippen LogP contribution in [-0.4, -0.2) is 91.6 Å². The quantitative estimate of drug-likeness (QED) is 0.255. The number of carbonyl (C=O) groups excluding carboxylic acids is 2. The lowest BCUT2D eigenvalue weighted by atomic mass is 9.44. The molecule has 0 spiro atoms. The zero-order valence-electron chi connectivity index (χ0n) is 26.2. The fourth-order valence-electron chi connectivity index (χ4n) is 11.6. The van der Waals surface area contributed by atoms with E-state index in [-0.39, 0.29) is 41.0 Å². The smallest absolute Gasteiger partial charge is 0.303 e. The van der Waals surface area contributed by atoms with E-state index in [9.17, 15) is 9.59 Å². The molecule has 2 heterocycles. The van der Waals surface area contributed by atoms with Crippen LogP contribution >= 0.6 is 0 Å². The van der Waals surface area contributed by atoms with Crippen molar-refractivity contribution >= 4 is 11.9 Å². The third-order valence-corrected chi connectivity index (χ3v) is 13.4. The average molecular weight is 572 g/mol. The molecule has 0 amide bonds. The summed E-state index contributed by atoms with van der Waals surface area (Å²) in [5.41, 5.74) is 0.272. The summed E-state index contributed by atoms with van der Waals surface area (Å²) in [6.45, 7) is 19.1. The number of morpholine rings is 1. The van der Waals surface area contributed by atoms with Gasteiger partial charge in [-0.25, -0.2) is 0 Å². The van der Waals surface area contributed by atoms with E-state index in [0.717, 1.165) is 56.6 Å². The van der Waals surface area contributed by atoms with Crippen molar-refractivity contribution in [1.29, 1.82) is 0 Å². The molecule has 0 radical (unpaired) electrons. The van der Waals surface area contributed by atoms with Gasteiger partial charge in [0.1, 0.15) is 12.1 Å². The number of fused-ring (bicyclic) bond motifs is 5. The Hall–Kier alpha value is -1.44. The summed E-state index contributed by atoms with van der Waals surface area (Å²) in [7, 11) is 0. The minimum atomic E-state index is -0.147. The van der Waals surface area contributed by atoms with Gasteiger partial charge in [-0.3, -0.25) is 14.5 Å². The van der Waals surface area contributed by atoms with Gasteiger partial charge in [-0.05, 0) is 73.7 Å². The van der Waals surface area contributed by atoms with Gasteiger partial charge in [0, 0.05) is 57.7 Å². The van der Waals surface area contributed by atoms with Crippen molar-refractivity contribution in [2.75, 3.05) is 45.9 Å². The third-order valence-electron chi connectivity index (χ3n) is 13.4. The van der Waals surface area contributed by atoms with E-state index in [0.29, 0.717) is 29.7 Å². The summed E-state index contributed by atoms with van der Waals surface area (Å²) in [6, 6.07) is 0.645. The summed E-state index contributed by atoms with van der Waals surface area (Å²) in [4.78, 5) is 27.3. The highest BCUT2D eigenvalue weighted by Crippen LogP contribution is 2.67. The summed E-state index contributed by atoms with van der Waals surface area (Å²) in [5, 5.41) is 0. The van der Waals surface area contributed by atoms with Gasteiger partial charge in [-0.1, -0.05) is 20.4 Å². The Labute approximate surface area is 247 Å². The van der Waals surface area contributed by atoms with E-state index in [2.05, 4.69) is 31.4 Å². The molecular weight excluding hydrogens is 516 g/mol. The Morgan fingerprint density at radius 1 is 0.976 bits per heavy atom. The van der Waals surface area contributed by atoms with Crippen molar-refractivity contribution in [2.45, 2.75) is 110 Å². The van der Waals surface area contributed by atoms with Crippen LogP contribution in [0.25, 0.3) is 0 Å². The predicted octanol–water partition coefficient (Wildman–Crippen LogP) is 4.98. The monoisotopic (exact) mass is 571 g/mol. The Bertz CT molecular complexity index is 1010. The molecule has 7 nitrogen and oxygen atoms in total. The maximum atomic E-state index is 12.6. The molecule has 6 rings (SSSR count). The van der Waals surface area contributed by atoms with Gasteiger partial charge in [0.05, 0.1) is 32.8 Å². The second-order valence-corrected chi connectivity index (χ2v) is 15.2. The zero-order chi connectivity index (χ0) is 29.0. The number of esters is 2. The molecule has 6 aliphatic rings. The standard InChI is InChI=1S/C34H55N2O5/c1-6-15-36(16-7-8-17-36)30-21-28-26-10-9-25-20-31(40-23(2)37)29(35-13-18-39-19-14-35)22-34(25,5)27(26)11-12-33(28,4)32(30)41-24(3)38/h6,25-32H,1,7-22H2,2-5H3/q+1/t25-,26+,27-,28-,29-,30-,31-,32-,33-,34-/m0/s1. The van der Waals surface area contributed by atoms with Crippen molar-refractivity contribution < 1.29 is 28.3 Å². The van der Waals surface area contributed by atoms with E-state index in [4.69, 9.17) is 14.2 Å². The number of hydrogen-bond donors (Lipinski definition) is 0. The molecule has 7 heteroatoms. The highest BCUT2D eigenvalue weighted by atomic mass is 16.5. The lowest BCUT2D eigenvalue weighted by Crippen LogP contribution is -2.62. The summed E-state index contributed by atoms with van der Waals surface area (Å²) in [6.07, 6.45) is 12.7. The fourth-order valence-corrected chi connectivity index (χ4v) is 11.6. The summed E-state index contributed by atoms with van der Waals surface area (Å²) >= 11 is 0. The molecule has 2 saturated heterocycles. The molecule has 230 valence electrons. The van der Waals surface area contributed by atoms with Crippen LogP contribution in [0.5, 0.6) is 0 Å². The SMILES string of the molecule is C=CC[N+]1([C@H]2C[C@H]3[C@@H]4CC[C@H]5C[C@H](OC(C)=O)[C@@H](N6CCOCC6)C[C@]5(C)[C@H]4CC[C@]3(C)[C@H]2OC(C)=O)CCCC1. The number of likely N-dealkylation sites (tertiary alicyclic amines) is 1. The molecule has 6 fully saturated rings. The Morgan fingerprint density at radius 3 is 2.34 bits per heavy atom. The van der Waals surface area contributed by atoms with Crippen LogP contribution in [0, 0.1) is 34.5 Å². The highest BCUT2D eigenvalue weighted by molar-refractivity contribution is 5.66. The van der Waals surface area contributed by atoms with Gasteiger partial charge in [0.25, 0.3) is 0 Å². The molecule has 0 aromatic heterocycles. The molecule has 0 aromatic rings. The second-order valence-electron chi connectivity index (χ2n) is 15.2. The van der Waals surface area contributed by atoms with E-state index < -0.39 is 0 Å². The molecule has 4 saturated carbocycles. The first kappa shape index (κ1) is 29.6. The minimum Gasteiger partial charge on any atom is -0.461 e. The summed E-state index contributed by atoms with van der Waals surface area (Å²) in [5.74, 6) is 2.25. The maximum absolute atomic E-state index is 12.6.